The fourth-order valence-corrected chi connectivity index (χ4v) is 4.27. The van der Waals surface area contributed by atoms with Crippen LogP contribution >= 0.6 is 0 Å². The third-order valence-corrected chi connectivity index (χ3v) is 5.66. The van der Waals surface area contributed by atoms with E-state index in [0.29, 0.717) is 0 Å². The maximum atomic E-state index is 3.80. The molecule has 0 aromatic rings. The van der Waals surface area contributed by atoms with Crippen molar-refractivity contribution in [3.05, 3.63) is 0 Å². The van der Waals surface area contributed by atoms with Gasteiger partial charge in [-0.05, 0) is 63.6 Å². The Kier molecular flexibility index (Phi) is 7.37. The molecular weight excluding hydrogens is 244 g/mol. The molecule has 1 heterocycles. The Hall–Kier alpha value is -0.0800. The van der Waals surface area contributed by atoms with Crippen LogP contribution in [-0.4, -0.2) is 37.1 Å². The molecule has 0 aromatic heterocycles. The number of hydrogen-bond acceptors (Lipinski definition) is 2. The largest absolute Gasteiger partial charge is 0.313 e. The molecule has 2 aliphatic rings. The summed E-state index contributed by atoms with van der Waals surface area (Å²) in [5, 5.41) is 3.80. The Balaban J connectivity index is 1.83. The third-order valence-electron chi connectivity index (χ3n) is 5.66. The lowest BCUT2D eigenvalue weighted by atomic mass is 9.83. The first-order chi connectivity index (χ1) is 9.83. The fraction of sp³-hybridized carbons (Fsp3) is 1.00. The number of nitrogens with one attached hydrogen (secondary N) is 1. The zero-order valence-corrected chi connectivity index (χ0v) is 13.9. The second-order valence-electron chi connectivity index (χ2n) is 7.07. The van der Waals surface area contributed by atoms with Crippen molar-refractivity contribution in [2.45, 2.75) is 77.7 Å². The van der Waals surface area contributed by atoms with Gasteiger partial charge in [-0.3, -0.25) is 0 Å². The van der Waals surface area contributed by atoms with E-state index < -0.39 is 0 Å². The molecule has 0 spiro atoms. The van der Waals surface area contributed by atoms with Crippen molar-refractivity contribution in [3.8, 4) is 0 Å². The molecule has 2 rings (SSSR count). The molecule has 20 heavy (non-hydrogen) atoms. The van der Waals surface area contributed by atoms with Crippen LogP contribution in [0.3, 0.4) is 0 Å². The molecule has 0 aromatic carbocycles. The Morgan fingerprint density at radius 3 is 2.45 bits per heavy atom. The van der Waals surface area contributed by atoms with E-state index in [-0.39, 0.29) is 0 Å². The van der Waals surface area contributed by atoms with Crippen LogP contribution in [0.2, 0.25) is 0 Å². The van der Waals surface area contributed by atoms with Crippen molar-refractivity contribution in [2.24, 2.45) is 11.8 Å². The molecule has 1 saturated carbocycles. The summed E-state index contributed by atoms with van der Waals surface area (Å²) in [4.78, 5) is 2.76. The molecule has 0 radical (unpaired) electrons. The molecule has 1 saturated heterocycles. The lowest BCUT2D eigenvalue weighted by Crippen LogP contribution is -2.46. The lowest BCUT2D eigenvalue weighted by Gasteiger charge is -2.34. The predicted octanol–water partition coefficient (Wildman–Crippen LogP) is 4.06. The van der Waals surface area contributed by atoms with E-state index in [1.807, 2.05) is 0 Å². The number of likely N-dealkylation sites (N-methyl/N-ethyl adjacent to an activating group) is 1. The Labute approximate surface area is 126 Å². The molecule has 2 heteroatoms. The zero-order valence-electron chi connectivity index (χ0n) is 13.9. The van der Waals surface area contributed by atoms with Gasteiger partial charge >= 0.3 is 0 Å². The highest BCUT2D eigenvalue weighted by Gasteiger charge is 2.25. The van der Waals surface area contributed by atoms with Gasteiger partial charge in [-0.2, -0.15) is 0 Å². The molecule has 0 amide bonds. The molecule has 2 fully saturated rings. The minimum atomic E-state index is 0.749. The summed E-state index contributed by atoms with van der Waals surface area (Å²) in [6.07, 6.45) is 13.0. The maximum absolute atomic E-state index is 3.80. The number of hydrogen-bond donors (Lipinski definition) is 1. The first kappa shape index (κ1) is 16.3. The average Bonchev–Trinajstić information content (AvgIpc) is 2.73. The SMILES string of the molecule is CCNC(CN1CCCC(CC)CC1)C1CCCCC1. The molecule has 2 nitrogen and oxygen atoms in total. The molecule has 2 atom stereocenters. The van der Waals surface area contributed by atoms with Crippen LogP contribution in [0.25, 0.3) is 0 Å². The summed E-state index contributed by atoms with van der Waals surface area (Å²) in [5.74, 6) is 1.93. The predicted molar refractivity (Wildman–Crippen MR) is 88.1 cm³/mol. The van der Waals surface area contributed by atoms with Gasteiger partial charge in [0, 0.05) is 12.6 Å². The van der Waals surface area contributed by atoms with Gasteiger partial charge in [0.05, 0.1) is 0 Å². The van der Waals surface area contributed by atoms with Crippen molar-refractivity contribution >= 4 is 0 Å². The van der Waals surface area contributed by atoms with Crippen LogP contribution in [0.5, 0.6) is 0 Å². The smallest absolute Gasteiger partial charge is 0.0223 e. The normalized spacial score (nSPS) is 28.2. The van der Waals surface area contributed by atoms with Gasteiger partial charge in [-0.1, -0.05) is 39.5 Å². The average molecular weight is 280 g/mol. The van der Waals surface area contributed by atoms with Crippen molar-refractivity contribution in [1.82, 2.24) is 10.2 Å². The molecule has 1 aliphatic carbocycles. The first-order valence-electron chi connectivity index (χ1n) is 9.29. The van der Waals surface area contributed by atoms with Gasteiger partial charge in [-0.15, -0.1) is 0 Å². The van der Waals surface area contributed by atoms with Crippen LogP contribution < -0.4 is 5.32 Å². The van der Waals surface area contributed by atoms with Gasteiger partial charge in [0.2, 0.25) is 0 Å². The second-order valence-corrected chi connectivity index (χ2v) is 7.07. The zero-order chi connectivity index (χ0) is 14.2. The number of nitrogens with zero attached hydrogens (tertiary/aromatic N) is 1. The summed E-state index contributed by atoms with van der Waals surface area (Å²) < 4.78 is 0. The summed E-state index contributed by atoms with van der Waals surface area (Å²) in [6.45, 7) is 9.74. The quantitative estimate of drug-likeness (QED) is 0.789. The minimum Gasteiger partial charge on any atom is -0.313 e. The minimum absolute atomic E-state index is 0.749. The van der Waals surface area contributed by atoms with E-state index in [1.54, 1.807) is 0 Å². The summed E-state index contributed by atoms with van der Waals surface area (Å²) in [6, 6.07) is 0.749. The van der Waals surface area contributed by atoms with Crippen LogP contribution in [0.4, 0.5) is 0 Å². The highest BCUT2D eigenvalue weighted by molar-refractivity contribution is 4.83. The van der Waals surface area contributed by atoms with Crippen LogP contribution in [0, 0.1) is 11.8 Å². The first-order valence-corrected chi connectivity index (χ1v) is 9.29. The molecule has 118 valence electrons. The van der Waals surface area contributed by atoms with Gasteiger partial charge < -0.3 is 10.2 Å². The standard InChI is InChI=1S/C18H36N2/c1-3-16-9-8-13-20(14-12-16)15-18(19-4-2)17-10-6-5-7-11-17/h16-19H,3-15H2,1-2H3. The van der Waals surface area contributed by atoms with Crippen LogP contribution in [0.15, 0.2) is 0 Å². The van der Waals surface area contributed by atoms with E-state index in [2.05, 4.69) is 24.1 Å². The van der Waals surface area contributed by atoms with Crippen molar-refractivity contribution in [2.75, 3.05) is 26.2 Å². The van der Waals surface area contributed by atoms with E-state index in [0.717, 1.165) is 24.4 Å². The van der Waals surface area contributed by atoms with Crippen LogP contribution in [0.1, 0.15) is 71.6 Å². The van der Waals surface area contributed by atoms with E-state index in [9.17, 15) is 0 Å². The Bertz CT molecular complexity index is 248. The topological polar surface area (TPSA) is 15.3 Å². The van der Waals surface area contributed by atoms with Crippen LogP contribution in [-0.2, 0) is 0 Å². The molecule has 1 aliphatic heterocycles. The van der Waals surface area contributed by atoms with E-state index >= 15 is 0 Å². The fourth-order valence-electron chi connectivity index (χ4n) is 4.27. The molecule has 2 unspecified atom stereocenters. The molecule has 1 N–H and O–H groups in total. The van der Waals surface area contributed by atoms with E-state index in [4.69, 9.17) is 0 Å². The summed E-state index contributed by atoms with van der Waals surface area (Å²) in [7, 11) is 0. The second kappa shape index (κ2) is 9.04. The van der Waals surface area contributed by atoms with Gasteiger partial charge in [0.1, 0.15) is 0 Å². The highest BCUT2D eigenvalue weighted by Crippen LogP contribution is 2.28. The Morgan fingerprint density at radius 2 is 1.75 bits per heavy atom. The summed E-state index contributed by atoms with van der Waals surface area (Å²) in [5.41, 5.74) is 0. The number of likely N-dealkylation sites (tertiary alicyclic amines) is 1. The maximum Gasteiger partial charge on any atom is 0.0223 e. The third kappa shape index (κ3) is 5.04. The van der Waals surface area contributed by atoms with Crippen molar-refractivity contribution < 1.29 is 0 Å². The lowest BCUT2D eigenvalue weighted by molar-refractivity contribution is 0.187. The number of rotatable bonds is 6. The van der Waals surface area contributed by atoms with Gasteiger partial charge in [0.15, 0.2) is 0 Å². The van der Waals surface area contributed by atoms with Crippen molar-refractivity contribution in [3.63, 3.8) is 0 Å². The highest BCUT2D eigenvalue weighted by atomic mass is 15.1. The van der Waals surface area contributed by atoms with Gasteiger partial charge in [0.25, 0.3) is 0 Å². The van der Waals surface area contributed by atoms with Gasteiger partial charge in [-0.25, -0.2) is 0 Å². The monoisotopic (exact) mass is 280 g/mol. The summed E-state index contributed by atoms with van der Waals surface area (Å²) >= 11 is 0. The Morgan fingerprint density at radius 1 is 0.950 bits per heavy atom. The molecular formula is C18H36N2. The molecule has 0 bridgehead atoms. The van der Waals surface area contributed by atoms with Crippen molar-refractivity contribution in [1.29, 1.82) is 0 Å². The van der Waals surface area contributed by atoms with E-state index in [1.165, 1.54) is 77.4 Å².